The van der Waals surface area contributed by atoms with Gasteiger partial charge in [0.15, 0.2) is 0 Å². The van der Waals surface area contributed by atoms with E-state index in [4.69, 9.17) is 0 Å². The van der Waals surface area contributed by atoms with Crippen molar-refractivity contribution >= 4 is 11.8 Å². The molecule has 1 unspecified atom stereocenters. The predicted octanol–water partition coefficient (Wildman–Crippen LogP) is 3.56. The Labute approximate surface area is 149 Å². The first-order chi connectivity index (χ1) is 11.8. The third kappa shape index (κ3) is 5.75. The van der Waals surface area contributed by atoms with Crippen molar-refractivity contribution in [2.75, 3.05) is 0 Å². The Balaban J connectivity index is 2.04. The maximum absolute atomic E-state index is 12.0. The fourth-order valence-electron chi connectivity index (χ4n) is 2.74. The van der Waals surface area contributed by atoms with E-state index in [1.54, 1.807) is 0 Å². The fraction of sp³-hybridized carbons (Fsp3) is 0.333. The number of nitrogens with one attached hydrogen (secondary N) is 2. The summed E-state index contributed by atoms with van der Waals surface area (Å²) in [6.07, 6.45) is 0.800. The van der Waals surface area contributed by atoms with Crippen LogP contribution in [0, 0.1) is 0 Å². The number of rotatable bonds is 6. The van der Waals surface area contributed by atoms with Crippen molar-refractivity contribution < 1.29 is 9.59 Å². The number of benzene rings is 2. The molecule has 0 saturated heterocycles. The second-order valence-electron chi connectivity index (χ2n) is 6.71. The van der Waals surface area contributed by atoms with E-state index in [-0.39, 0.29) is 23.9 Å². The van der Waals surface area contributed by atoms with E-state index < -0.39 is 0 Å². The highest BCUT2D eigenvalue weighted by Gasteiger charge is 2.08. The molecule has 2 aromatic carbocycles. The third-order valence-electron chi connectivity index (χ3n) is 3.85. The molecule has 2 N–H and O–H groups in total. The number of carbonyl (C=O) groups is 2. The van der Waals surface area contributed by atoms with E-state index >= 15 is 0 Å². The van der Waals surface area contributed by atoms with Gasteiger partial charge in [0.25, 0.3) is 5.91 Å². The minimum absolute atomic E-state index is 0.00860. The molecule has 0 aliphatic heterocycles. The fourth-order valence-corrected chi connectivity index (χ4v) is 2.74. The molecule has 0 aromatic heterocycles. The van der Waals surface area contributed by atoms with Gasteiger partial charge in [0, 0.05) is 24.6 Å². The lowest BCUT2D eigenvalue weighted by Crippen LogP contribution is -2.31. The lowest BCUT2D eigenvalue weighted by Gasteiger charge is -2.13. The van der Waals surface area contributed by atoms with E-state index in [1.165, 1.54) is 12.5 Å². The Bertz CT molecular complexity index is 719. The summed E-state index contributed by atoms with van der Waals surface area (Å²) in [4.78, 5) is 23.1. The monoisotopic (exact) mass is 338 g/mol. The zero-order valence-electron chi connectivity index (χ0n) is 15.3. The minimum atomic E-state index is -0.0520. The highest BCUT2D eigenvalue weighted by atomic mass is 16.2. The van der Waals surface area contributed by atoms with Gasteiger partial charge < -0.3 is 10.6 Å². The Hall–Kier alpha value is -2.62. The zero-order valence-corrected chi connectivity index (χ0v) is 15.3. The van der Waals surface area contributed by atoms with Crippen LogP contribution in [0.1, 0.15) is 43.6 Å². The molecule has 0 fully saturated rings. The van der Waals surface area contributed by atoms with Crippen molar-refractivity contribution in [2.45, 2.75) is 46.2 Å². The van der Waals surface area contributed by atoms with Crippen LogP contribution in [0.25, 0.3) is 11.1 Å². The van der Waals surface area contributed by atoms with Gasteiger partial charge >= 0.3 is 0 Å². The van der Waals surface area contributed by atoms with Gasteiger partial charge in [-0.2, -0.15) is 0 Å². The zero-order chi connectivity index (χ0) is 18.4. The van der Waals surface area contributed by atoms with E-state index in [1.807, 2.05) is 45.0 Å². The topological polar surface area (TPSA) is 58.2 Å². The highest BCUT2D eigenvalue weighted by Crippen LogP contribution is 2.21. The van der Waals surface area contributed by atoms with Gasteiger partial charge in [0.05, 0.1) is 0 Å². The van der Waals surface area contributed by atoms with Crippen molar-refractivity contribution in [3.8, 4) is 11.1 Å². The SMILES string of the molecule is CC(=O)NC(C)Cc1ccc(-c2ccc(C(=O)NC(C)C)cc2)cc1. The van der Waals surface area contributed by atoms with Crippen LogP contribution in [0.3, 0.4) is 0 Å². The van der Waals surface area contributed by atoms with Gasteiger partial charge in [-0.1, -0.05) is 36.4 Å². The Morgan fingerprint density at radius 3 is 1.84 bits per heavy atom. The van der Waals surface area contributed by atoms with Crippen LogP contribution in [-0.2, 0) is 11.2 Å². The molecule has 4 nitrogen and oxygen atoms in total. The summed E-state index contributed by atoms with van der Waals surface area (Å²) in [6.45, 7) is 7.42. The summed E-state index contributed by atoms with van der Waals surface area (Å²) in [6, 6.07) is 16.1. The Morgan fingerprint density at radius 1 is 0.840 bits per heavy atom. The molecule has 0 aliphatic carbocycles. The summed E-state index contributed by atoms with van der Waals surface area (Å²) in [5, 5.41) is 5.78. The van der Waals surface area contributed by atoms with Crippen LogP contribution in [-0.4, -0.2) is 23.9 Å². The van der Waals surface area contributed by atoms with Crippen LogP contribution in [0.4, 0.5) is 0 Å². The second-order valence-corrected chi connectivity index (χ2v) is 6.71. The average Bonchev–Trinajstić information content (AvgIpc) is 2.54. The molecule has 0 bridgehead atoms. The van der Waals surface area contributed by atoms with E-state index in [0.29, 0.717) is 5.56 Å². The summed E-state index contributed by atoms with van der Waals surface area (Å²) >= 11 is 0. The molecule has 0 aliphatic rings. The van der Waals surface area contributed by atoms with Crippen molar-refractivity contribution in [3.63, 3.8) is 0 Å². The molecule has 132 valence electrons. The first-order valence-corrected chi connectivity index (χ1v) is 8.62. The molecule has 0 spiro atoms. The molecular weight excluding hydrogens is 312 g/mol. The van der Waals surface area contributed by atoms with Crippen molar-refractivity contribution in [1.29, 1.82) is 0 Å². The lowest BCUT2D eigenvalue weighted by atomic mass is 10.00. The van der Waals surface area contributed by atoms with Gasteiger partial charge in [-0.3, -0.25) is 9.59 Å². The smallest absolute Gasteiger partial charge is 0.251 e. The normalized spacial score (nSPS) is 11.9. The maximum atomic E-state index is 12.0. The first kappa shape index (κ1) is 18.7. The van der Waals surface area contributed by atoms with Crippen LogP contribution in [0.15, 0.2) is 48.5 Å². The predicted molar refractivity (Wildman–Crippen MR) is 101 cm³/mol. The number of amides is 2. The second kappa shape index (κ2) is 8.47. The summed E-state index contributed by atoms with van der Waals surface area (Å²) in [5.74, 6) is -0.0606. The molecular formula is C21H26N2O2. The molecule has 0 saturated carbocycles. The molecule has 2 amide bonds. The van der Waals surface area contributed by atoms with Gasteiger partial charge in [-0.15, -0.1) is 0 Å². The molecule has 0 heterocycles. The van der Waals surface area contributed by atoms with Crippen LogP contribution in [0.2, 0.25) is 0 Å². The Morgan fingerprint density at radius 2 is 1.36 bits per heavy atom. The minimum Gasteiger partial charge on any atom is -0.354 e. The third-order valence-corrected chi connectivity index (χ3v) is 3.85. The van der Waals surface area contributed by atoms with Crippen molar-refractivity contribution in [2.24, 2.45) is 0 Å². The van der Waals surface area contributed by atoms with Crippen molar-refractivity contribution in [3.05, 3.63) is 59.7 Å². The summed E-state index contributed by atoms with van der Waals surface area (Å²) < 4.78 is 0. The van der Waals surface area contributed by atoms with Gasteiger partial charge in [0.1, 0.15) is 0 Å². The van der Waals surface area contributed by atoms with E-state index in [9.17, 15) is 9.59 Å². The first-order valence-electron chi connectivity index (χ1n) is 8.62. The lowest BCUT2D eigenvalue weighted by molar-refractivity contribution is -0.119. The number of carbonyl (C=O) groups excluding carboxylic acids is 2. The van der Waals surface area contributed by atoms with E-state index in [0.717, 1.165) is 17.5 Å². The standard InChI is InChI=1S/C21H26N2O2/c1-14(2)22-21(25)20-11-9-19(10-12-20)18-7-5-17(6-8-18)13-15(3)23-16(4)24/h5-12,14-15H,13H2,1-4H3,(H,22,25)(H,23,24). The summed E-state index contributed by atoms with van der Waals surface area (Å²) in [5.41, 5.74) is 4.02. The van der Waals surface area contributed by atoms with Crippen molar-refractivity contribution in [1.82, 2.24) is 10.6 Å². The molecule has 25 heavy (non-hydrogen) atoms. The number of hydrogen-bond donors (Lipinski definition) is 2. The van der Waals surface area contributed by atoms with Crippen LogP contribution >= 0.6 is 0 Å². The van der Waals surface area contributed by atoms with Gasteiger partial charge in [-0.05, 0) is 56.0 Å². The molecule has 2 aromatic rings. The maximum Gasteiger partial charge on any atom is 0.251 e. The van der Waals surface area contributed by atoms with Gasteiger partial charge in [-0.25, -0.2) is 0 Å². The Kier molecular flexibility index (Phi) is 6.34. The van der Waals surface area contributed by atoms with Crippen LogP contribution < -0.4 is 10.6 Å². The largest absolute Gasteiger partial charge is 0.354 e. The molecule has 1 atom stereocenters. The molecule has 4 heteroatoms. The highest BCUT2D eigenvalue weighted by molar-refractivity contribution is 5.94. The quantitative estimate of drug-likeness (QED) is 0.846. The number of hydrogen-bond acceptors (Lipinski definition) is 2. The van der Waals surface area contributed by atoms with E-state index in [2.05, 4.69) is 34.9 Å². The molecule has 0 radical (unpaired) electrons. The molecule has 2 rings (SSSR count). The van der Waals surface area contributed by atoms with Crippen LogP contribution in [0.5, 0.6) is 0 Å². The van der Waals surface area contributed by atoms with Gasteiger partial charge in [0.2, 0.25) is 5.91 Å². The summed E-state index contributed by atoms with van der Waals surface area (Å²) in [7, 11) is 0. The average molecular weight is 338 g/mol.